The summed E-state index contributed by atoms with van der Waals surface area (Å²) in [6, 6.07) is 14.7. The van der Waals surface area contributed by atoms with E-state index < -0.39 is 34.9 Å². The van der Waals surface area contributed by atoms with E-state index in [-0.39, 0.29) is 66.2 Å². The number of amides is 4. The third-order valence-corrected chi connectivity index (χ3v) is 7.45. The predicted molar refractivity (Wildman–Crippen MR) is 187 cm³/mol. The fourth-order valence-electron chi connectivity index (χ4n) is 4.95. The van der Waals surface area contributed by atoms with Gasteiger partial charge in [-0.15, -0.1) is 0 Å². The van der Waals surface area contributed by atoms with Gasteiger partial charge in [-0.3, -0.25) is 34.7 Å². The molecule has 0 unspecified atom stereocenters. The van der Waals surface area contributed by atoms with Crippen LogP contribution in [0.4, 0.5) is 5.69 Å². The second kappa shape index (κ2) is 25.0. The van der Waals surface area contributed by atoms with Crippen molar-refractivity contribution in [2.24, 2.45) is 0 Å². The molecule has 1 heterocycles. The van der Waals surface area contributed by atoms with Crippen LogP contribution in [0.2, 0.25) is 0 Å². The number of benzene rings is 2. The van der Waals surface area contributed by atoms with E-state index in [1.807, 2.05) is 25.1 Å². The molecule has 52 heavy (non-hydrogen) atoms. The molecule has 3 rings (SSSR count). The van der Waals surface area contributed by atoms with Crippen molar-refractivity contribution in [1.82, 2.24) is 15.5 Å². The van der Waals surface area contributed by atoms with Crippen LogP contribution in [0.15, 0.2) is 54.6 Å². The van der Waals surface area contributed by atoms with E-state index in [0.29, 0.717) is 43.1 Å². The van der Waals surface area contributed by atoms with Crippen molar-refractivity contribution in [2.45, 2.75) is 83.3 Å². The van der Waals surface area contributed by atoms with E-state index in [2.05, 4.69) is 16.0 Å². The number of ether oxygens (including phenoxy) is 2. The van der Waals surface area contributed by atoms with Crippen LogP contribution in [0.3, 0.4) is 0 Å². The predicted octanol–water partition coefficient (Wildman–Crippen LogP) is -0.849. The molecule has 4 atom stereocenters. The number of hydrogen-bond donors (Lipinski definition) is 7. The van der Waals surface area contributed by atoms with Gasteiger partial charge in [0, 0.05) is 57.3 Å². The van der Waals surface area contributed by atoms with E-state index in [0.717, 1.165) is 32.1 Å². The van der Waals surface area contributed by atoms with Crippen LogP contribution < -0.4 is 50.2 Å². The molecule has 1 aliphatic rings. The summed E-state index contributed by atoms with van der Waals surface area (Å²) in [6.07, 6.45) is 3.16. The molecule has 0 spiro atoms. The Bertz CT molecular complexity index is 1480. The number of carbonyl (C=O) groups is 4. The summed E-state index contributed by atoms with van der Waals surface area (Å²) in [5.74, 6) is -0.311. The van der Waals surface area contributed by atoms with Crippen LogP contribution in [0.1, 0.15) is 69.2 Å². The van der Waals surface area contributed by atoms with Crippen molar-refractivity contribution < 1.29 is 85.9 Å². The number of unbranched alkanes of at least 4 members (excludes halogenated alkanes) is 3. The smallest absolute Gasteiger partial charge is 0.463 e. The van der Waals surface area contributed by atoms with E-state index in [9.17, 15) is 29.4 Å². The van der Waals surface area contributed by atoms with Crippen molar-refractivity contribution >= 4 is 39.7 Å². The Labute approximate surface area is 326 Å². The molecular weight excluding hydrogens is 711 g/mol. The first kappa shape index (κ1) is 46.9. The van der Waals surface area contributed by atoms with Gasteiger partial charge in [0.25, 0.3) is 5.91 Å². The first-order chi connectivity index (χ1) is 24.2. The molecule has 0 saturated carbocycles. The Morgan fingerprint density at radius 1 is 0.942 bits per heavy atom. The fraction of sp³-hybridized carbons (Fsp3) is 0.500. The van der Waals surface area contributed by atoms with Gasteiger partial charge in [0.05, 0.1) is 6.04 Å². The molecular formula is C34H49N4NaO12S. The van der Waals surface area contributed by atoms with E-state index >= 15 is 0 Å². The van der Waals surface area contributed by atoms with Crippen LogP contribution in [-0.4, -0.2) is 107 Å². The number of hydrogen-bond acceptors (Lipinski definition) is 10. The molecule has 1 saturated heterocycles. The van der Waals surface area contributed by atoms with Crippen LogP contribution in [0.5, 0.6) is 5.75 Å². The second-order valence-corrected chi connectivity index (χ2v) is 12.6. The maximum Gasteiger partial charge on any atom is 1.00 e. The molecule has 284 valence electrons. The number of aliphatic hydroxyl groups is 2. The molecule has 16 nitrogen and oxygen atoms in total. The molecule has 0 bridgehead atoms. The summed E-state index contributed by atoms with van der Waals surface area (Å²) < 4.78 is 43.1. The second-order valence-electron chi connectivity index (χ2n) is 11.7. The number of rotatable bonds is 18. The molecule has 7 N–H and O–H groups in total. The molecule has 2 aromatic rings. The zero-order valence-corrected chi connectivity index (χ0v) is 32.6. The number of anilines is 1. The largest absolute Gasteiger partial charge is 1.00 e. The van der Waals surface area contributed by atoms with Crippen LogP contribution >= 0.6 is 0 Å². The number of nitrogens with zero attached hydrogens (tertiary/aromatic N) is 1. The average Bonchev–Trinajstić information content (AvgIpc) is 3.08. The van der Waals surface area contributed by atoms with E-state index in [1.165, 1.54) is 13.3 Å². The Kier molecular flexibility index (Phi) is 22.5. The fourth-order valence-corrected chi connectivity index (χ4v) is 4.95. The first-order valence-electron chi connectivity index (χ1n) is 16.6. The van der Waals surface area contributed by atoms with Crippen molar-refractivity contribution in [3.8, 4) is 5.75 Å². The Hall–Kier alpha value is -3.13. The van der Waals surface area contributed by atoms with Gasteiger partial charge in [-0.05, 0) is 74.3 Å². The maximum absolute atomic E-state index is 12.8. The monoisotopic (exact) mass is 760 g/mol. The van der Waals surface area contributed by atoms with Crippen LogP contribution in [-0.2, 0) is 29.5 Å². The van der Waals surface area contributed by atoms with Gasteiger partial charge < -0.3 is 40.5 Å². The average molecular weight is 761 g/mol. The Balaban J connectivity index is 0.00000210. The van der Waals surface area contributed by atoms with Crippen LogP contribution in [0, 0.1) is 6.42 Å². The first-order valence-corrected chi connectivity index (χ1v) is 18.0. The van der Waals surface area contributed by atoms with E-state index in [1.54, 1.807) is 41.3 Å². The van der Waals surface area contributed by atoms with Gasteiger partial charge in [-0.2, -0.15) is 8.42 Å². The number of nitrogens with one attached hydrogen (secondary N) is 3. The minimum atomic E-state index is -4.67. The number of carbonyl (C=O) groups excluding carboxylic acids is 4. The van der Waals surface area contributed by atoms with Crippen molar-refractivity contribution in [3.63, 3.8) is 0 Å². The molecule has 0 radical (unpaired) electrons. The molecule has 18 heteroatoms. The summed E-state index contributed by atoms with van der Waals surface area (Å²) in [5.41, 5.74) is 1.16. The van der Waals surface area contributed by atoms with Gasteiger partial charge in [-0.1, -0.05) is 31.5 Å². The summed E-state index contributed by atoms with van der Waals surface area (Å²) in [6.45, 7) is 4.39. The van der Waals surface area contributed by atoms with Crippen molar-refractivity contribution in [1.29, 1.82) is 0 Å². The zero-order chi connectivity index (χ0) is 37.8. The van der Waals surface area contributed by atoms with Crippen LogP contribution in [0.25, 0.3) is 0 Å². The van der Waals surface area contributed by atoms with Crippen molar-refractivity contribution in [3.05, 3.63) is 66.6 Å². The minimum absolute atomic E-state index is 0. The van der Waals surface area contributed by atoms with Crippen molar-refractivity contribution in [2.75, 3.05) is 31.6 Å². The normalized spacial score (nSPS) is 18.0. The van der Waals surface area contributed by atoms with Gasteiger partial charge in [0.2, 0.25) is 24.0 Å². The molecule has 2 aromatic carbocycles. The number of aliphatic hydroxyl groups excluding tert-OH is 2. The summed E-state index contributed by atoms with van der Waals surface area (Å²) >= 11 is 0. The topological polar surface area (TPSA) is 241 Å². The summed E-state index contributed by atoms with van der Waals surface area (Å²) in [5, 5.41) is 28.2. The minimum Gasteiger partial charge on any atom is -0.463 e. The Morgan fingerprint density at radius 2 is 1.60 bits per heavy atom. The SMILES string of the molecule is CCCCC(=O)N(CCCCCNC(=O)c1ccccc1)CCC(=O)Nc1ccc(O[C@@H]2O[C@H](CO)[CH-][C@H](O)[C@H]2NC(C)=O)cc1.O=S(=O)(O)O.[Na+]. The molecule has 1 fully saturated rings. The quantitative estimate of drug-likeness (QED) is 0.0426. The third-order valence-electron chi connectivity index (χ3n) is 7.45. The van der Waals surface area contributed by atoms with Gasteiger partial charge in [0.1, 0.15) is 5.75 Å². The standard InChI is InChI=1S/C34H47N4O8.Na.H2O4S/c1-3-4-13-31(43)38(20-10-6-9-19-35-33(44)25-11-7-5-8-12-25)21-18-30(42)37-26-14-16-27(17-15-26)45-34-32(36-24(2)40)29(41)22-28(23-39)46-34;;1-5(2,3)4/h5,7-8,11-12,14-17,22,28-29,32,34,39,41H,3-4,6,9-10,13,18-21,23H2,1-2H3,(H,35,44)(H,36,40)(H,37,42);;(H2,1,2,3,4)/q-1;+1;/t28-,29-,32+,34+;;/m0../s1. The molecule has 4 amide bonds. The molecule has 0 aliphatic carbocycles. The van der Waals surface area contributed by atoms with Gasteiger partial charge in [0.15, 0.2) is 0 Å². The molecule has 1 aliphatic heterocycles. The summed E-state index contributed by atoms with van der Waals surface area (Å²) in [7, 11) is -4.67. The third kappa shape index (κ3) is 19.6. The zero-order valence-electron chi connectivity index (χ0n) is 29.8. The Morgan fingerprint density at radius 3 is 2.19 bits per heavy atom. The molecule has 0 aromatic heterocycles. The van der Waals surface area contributed by atoms with E-state index in [4.69, 9.17) is 27.0 Å². The van der Waals surface area contributed by atoms with Gasteiger partial charge >= 0.3 is 40.0 Å². The summed E-state index contributed by atoms with van der Waals surface area (Å²) in [4.78, 5) is 51.2. The maximum atomic E-state index is 12.8. The van der Waals surface area contributed by atoms with Gasteiger partial charge in [-0.25, -0.2) is 0 Å².